The normalized spacial score (nSPS) is 23.1. The first-order valence-electron chi connectivity index (χ1n) is 4.75. The summed E-state index contributed by atoms with van der Waals surface area (Å²) in [6.45, 7) is 1.94. The van der Waals surface area contributed by atoms with Gasteiger partial charge in [-0.2, -0.15) is 4.89 Å². The van der Waals surface area contributed by atoms with E-state index in [1.165, 1.54) is 0 Å². The van der Waals surface area contributed by atoms with Gasteiger partial charge < -0.3 is 14.9 Å². The molecule has 2 rings (SSSR count). The molecule has 0 aromatic rings. The minimum Gasteiger partial charge on any atom is -0.481 e. The standard InChI is InChI=1S/C9H13NO4/c11-9(12)7-1-4-10(5-2-7)8-3-6-13-14-8/h3,7H,1-2,4-6H2,(H,11,12). The maximum Gasteiger partial charge on any atom is 0.306 e. The van der Waals surface area contributed by atoms with Gasteiger partial charge in [-0.25, -0.2) is 0 Å². The molecule has 0 amide bonds. The molecular formula is C9H13NO4. The molecular weight excluding hydrogens is 186 g/mol. The Hall–Kier alpha value is -1.23. The van der Waals surface area contributed by atoms with Crippen LogP contribution in [0.15, 0.2) is 12.0 Å². The second-order valence-corrected chi connectivity index (χ2v) is 3.51. The quantitative estimate of drug-likeness (QED) is 0.659. The fourth-order valence-corrected chi connectivity index (χ4v) is 1.76. The zero-order chi connectivity index (χ0) is 9.97. The van der Waals surface area contributed by atoms with Crippen molar-refractivity contribution in [2.75, 3.05) is 19.7 Å². The average Bonchev–Trinajstić information content (AvgIpc) is 2.71. The molecule has 0 bridgehead atoms. The molecule has 1 fully saturated rings. The molecule has 0 radical (unpaired) electrons. The van der Waals surface area contributed by atoms with Crippen molar-refractivity contribution in [2.45, 2.75) is 12.8 Å². The third-order valence-electron chi connectivity index (χ3n) is 2.63. The highest BCUT2D eigenvalue weighted by molar-refractivity contribution is 5.70. The van der Waals surface area contributed by atoms with Crippen LogP contribution in [0.1, 0.15) is 12.8 Å². The molecule has 0 spiro atoms. The Kier molecular flexibility index (Phi) is 2.58. The maximum absolute atomic E-state index is 10.7. The van der Waals surface area contributed by atoms with E-state index >= 15 is 0 Å². The van der Waals surface area contributed by atoms with E-state index in [0.29, 0.717) is 19.4 Å². The SMILES string of the molecule is O=C(O)C1CCN(C2=CCOO2)CC1. The number of carbonyl (C=O) groups is 1. The highest BCUT2D eigenvalue weighted by atomic mass is 17.2. The number of likely N-dealkylation sites (tertiary alicyclic amines) is 1. The van der Waals surface area contributed by atoms with Crippen molar-refractivity contribution in [1.82, 2.24) is 4.90 Å². The van der Waals surface area contributed by atoms with Gasteiger partial charge in [0.05, 0.1) is 5.92 Å². The molecule has 1 saturated heterocycles. The molecule has 5 nitrogen and oxygen atoms in total. The summed E-state index contributed by atoms with van der Waals surface area (Å²) in [5.74, 6) is -0.162. The predicted octanol–water partition coefficient (Wildman–Crippen LogP) is 0.586. The molecule has 0 aliphatic carbocycles. The van der Waals surface area contributed by atoms with E-state index in [9.17, 15) is 4.79 Å². The van der Waals surface area contributed by atoms with Gasteiger partial charge in [-0.05, 0) is 12.8 Å². The molecule has 0 atom stereocenters. The lowest BCUT2D eigenvalue weighted by atomic mass is 9.97. The van der Waals surface area contributed by atoms with E-state index in [1.54, 1.807) is 0 Å². The van der Waals surface area contributed by atoms with E-state index in [4.69, 9.17) is 14.9 Å². The van der Waals surface area contributed by atoms with E-state index in [-0.39, 0.29) is 5.92 Å². The first-order chi connectivity index (χ1) is 6.77. The van der Waals surface area contributed by atoms with Gasteiger partial charge in [-0.3, -0.25) is 4.79 Å². The van der Waals surface area contributed by atoms with Crippen LogP contribution < -0.4 is 0 Å². The smallest absolute Gasteiger partial charge is 0.306 e. The molecule has 0 aromatic heterocycles. The lowest BCUT2D eigenvalue weighted by molar-refractivity contribution is -0.250. The summed E-state index contributed by atoms with van der Waals surface area (Å²) >= 11 is 0. The summed E-state index contributed by atoms with van der Waals surface area (Å²) in [7, 11) is 0. The molecule has 0 saturated carbocycles. The topological polar surface area (TPSA) is 59.0 Å². The highest BCUT2D eigenvalue weighted by Crippen LogP contribution is 2.22. The van der Waals surface area contributed by atoms with Crippen LogP contribution >= 0.6 is 0 Å². The largest absolute Gasteiger partial charge is 0.481 e. The van der Waals surface area contributed by atoms with Crippen molar-refractivity contribution in [2.24, 2.45) is 5.92 Å². The average molecular weight is 199 g/mol. The molecule has 1 N–H and O–H groups in total. The number of carboxylic acids is 1. The van der Waals surface area contributed by atoms with Gasteiger partial charge in [0.1, 0.15) is 6.61 Å². The van der Waals surface area contributed by atoms with Crippen molar-refractivity contribution >= 4 is 5.97 Å². The second-order valence-electron chi connectivity index (χ2n) is 3.51. The lowest BCUT2D eigenvalue weighted by Crippen LogP contribution is -2.35. The summed E-state index contributed by atoms with van der Waals surface area (Å²) in [4.78, 5) is 22.4. The molecule has 5 heteroatoms. The summed E-state index contributed by atoms with van der Waals surface area (Å²) < 4.78 is 0. The summed E-state index contributed by atoms with van der Waals surface area (Å²) in [6.07, 6.45) is 3.22. The Morgan fingerprint density at radius 1 is 1.50 bits per heavy atom. The fourth-order valence-electron chi connectivity index (χ4n) is 1.76. The first kappa shape index (κ1) is 9.33. The third kappa shape index (κ3) is 1.82. The van der Waals surface area contributed by atoms with Gasteiger partial charge >= 0.3 is 5.97 Å². The Bertz CT molecular complexity index is 256. The van der Waals surface area contributed by atoms with Crippen molar-refractivity contribution in [3.8, 4) is 0 Å². The number of hydrogen-bond acceptors (Lipinski definition) is 4. The van der Waals surface area contributed by atoms with Crippen molar-refractivity contribution < 1.29 is 19.7 Å². The lowest BCUT2D eigenvalue weighted by Gasteiger charge is -2.30. The molecule has 14 heavy (non-hydrogen) atoms. The molecule has 2 heterocycles. The summed E-state index contributed by atoms with van der Waals surface area (Å²) in [5.41, 5.74) is 0. The van der Waals surface area contributed by atoms with Crippen molar-refractivity contribution in [1.29, 1.82) is 0 Å². The van der Waals surface area contributed by atoms with Gasteiger partial charge in [0, 0.05) is 19.2 Å². The zero-order valence-corrected chi connectivity index (χ0v) is 7.81. The minimum absolute atomic E-state index is 0.200. The summed E-state index contributed by atoms with van der Waals surface area (Å²) in [6, 6.07) is 0. The number of nitrogens with zero attached hydrogens (tertiary/aromatic N) is 1. The van der Waals surface area contributed by atoms with Crippen LogP contribution in [0.4, 0.5) is 0 Å². The van der Waals surface area contributed by atoms with E-state index in [0.717, 1.165) is 19.0 Å². The number of aliphatic carboxylic acids is 1. The Morgan fingerprint density at radius 2 is 2.21 bits per heavy atom. The minimum atomic E-state index is -0.692. The van der Waals surface area contributed by atoms with E-state index < -0.39 is 5.97 Å². The van der Waals surface area contributed by atoms with Crippen LogP contribution in [-0.2, 0) is 14.6 Å². The number of piperidine rings is 1. The third-order valence-corrected chi connectivity index (χ3v) is 2.63. The number of rotatable bonds is 2. The van der Waals surface area contributed by atoms with Gasteiger partial charge in [0.25, 0.3) is 0 Å². The maximum atomic E-state index is 10.7. The fraction of sp³-hybridized carbons (Fsp3) is 0.667. The molecule has 0 unspecified atom stereocenters. The van der Waals surface area contributed by atoms with Gasteiger partial charge in [-0.1, -0.05) is 0 Å². The summed E-state index contributed by atoms with van der Waals surface area (Å²) in [5, 5.41) is 8.80. The van der Waals surface area contributed by atoms with Crippen LogP contribution in [0.25, 0.3) is 0 Å². The van der Waals surface area contributed by atoms with Crippen molar-refractivity contribution in [3.05, 3.63) is 12.0 Å². The first-order valence-corrected chi connectivity index (χ1v) is 4.75. The van der Waals surface area contributed by atoms with E-state index in [1.807, 2.05) is 11.0 Å². The highest BCUT2D eigenvalue weighted by Gasteiger charge is 2.27. The molecule has 2 aliphatic rings. The number of carboxylic acid groups (broad SMARTS) is 1. The molecule has 0 aromatic carbocycles. The van der Waals surface area contributed by atoms with Crippen LogP contribution in [-0.4, -0.2) is 35.7 Å². The Balaban J connectivity index is 1.86. The Labute approximate surface area is 81.8 Å². The monoisotopic (exact) mass is 199 g/mol. The molecule has 2 aliphatic heterocycles. The van der Waals surface area contributed by atoms with E-state index in [2.05, 4.69) is 0 Å². The second kappa shape index (κ2) is 3.88. The van der Waals surface area contributed by atoms with Gasteiger partial charge in [0.15, 0.2) is 0 Å². The van der Waals surface area contributed by atoms with Gasteiger partial charge in [0.2, 0.25) is 5.88 Å². The van der Waals surface area contributed by atoms with Crippen LogP contribution in [0.3, 0.4) is 0 Å². The van der Waals surface area contributed by atoms with Crippen molar-refractivity contribution in [3.63, 3.8) is 0 Å². The van der Waals surface area contributed by atoms with Crippen LogP contribution in [0.5, 0.6) is 0 Å². The van der Waals surface area contributed by atoms with Crippen LogP contribution in [0, 0.1) is 5.92 Å². The van der Waals surface area contributed by atoms with Crippen LogP contribution in [0.2, 0.25) is 0 Å². The zero-order valence-electron chi connectivity index (χ0n) is 7.81. The Morgan fingerprint density at radius 3 is 2.71 bits per heavy atom. The van der Waals surface area contributed by atoms with Gasteiger partial charge in [-0.15, -0.1) is 0 Å². The number of hydrogen-bond donors (Lipinski definition) is 1. The predicted molar refractivity (Wildman–Crippen MR) is 47.1 cm³/mol. The molecule has 78 valence electrons.